The zero-order valence-corrected chi connectivity index (χ0v) is 16.8. The molecular formula is C24H23NO4. The molecule has 4 rings (SSSR count). The Kier molecular flexibility index (Phi) is 4.61. The zero-order valence-electron chi connectivity index (χ0n) is 16.8. The molecule has 2 aromatic rings. The van der Waals surface area contributed by atoms with E-state index >= 15 is 0 Å². The van der Waals surface area contributed by atoms with Crippen LogP contribution in [0.15, 0.2) is 48.5 Å². The van der Waals surface area contributed by atoms with Crippen molar-refractivity contribution in [1.82, 2.24) is 4.90 Å². The molecule has 1 amide bonds. The molecule has 0 bridgehead atoms. The lowest BCUT2D eigenvalue weighted by atomic mass is 9.79. The molecule has 0 fully saturated rings. The Bertz CT molecular complexity index is 1060. The van der Waals surface area contributed by atoms with Crippen molar-refractivity contribution in [2.24, 2.45) is 0 Å². The average molecular weight is 389 g/mol. The SMILES string of the molecule is CC(C)(C)OC(=O)N1CC=C(c2cccc3c2C(=O)c2ccccc2C3=O)CC1. The summed E-state index contributed by atoms with van der Waals surface area (Å²) >= 11 is 0. The van der Waals surface area contributed by atoms with E-state index in [9.17, 15) is 14.4 Å². The van der Waals surface area contributed by atoms with Gasteiger partial charge in [0.25, 0.3) is 0 Å². The van der Waals surface area contributed by atoms with Crippen LogP contribution in [0, 0.1) is 0 Å². The first kappa shape index (κ1) is 19.1. The van der Waals surface area contributed by atoms with Gasteiger partial charge in [-0.25, -0.2) is 4.79 Å². The van der Waals surface area contributed by atoms with Crippen molar-refractivity contribution in [2.45, 2.75) is 32.8 Å². The first-order chi connectivity index (χ1) is 13.8. The van der Waals surface area contributed by atoms with E-state index in [4.69, 9.17) is 4.74 Å². The molecule has 0 saturated heterocycles. The van der Waals surface area contributed by atoms with Crippen molar-refractivity contribution in [3.8, 4) is 0 Å². The van der Waals surface area contributed by atoms with Crippen molar-refractivity contribution in [2.75, 3.05) is 13.1 Å². The van der Waals surface area contributed by atoms with Gasteiger partial charge in [-0.3, -0.25) is 9.59 Å². The lowest BCUT2D eigenvalue weighted by molar-refractivity contribution is 0.0270. The van der Waals surface area contributed by atoms with Gasteiger partial charge >= 0.3 is 6.09 Å². The number of carbonyl (C=O) groups excluding carboxylic acids is 3. The molecule has 29 heavy (non-hydrogen) atoms. The Balaban J connectivity index is 1.66. The van der Waals surface area contributed by atoms with Gasteiger partial charge in [-0.05, 0) is 38.3 Å². The molecule has 0 radical (unpaired) electrons. The first-order valence-electron chi connectivity index (χ1n) is 9.75. The number of hydrogen-bond acceptors (Lipinski definition) is 4. The van der Waals surface area contributed by atoms with E-state index in [0.717, 1.165) is 11.1 Å². The predicted octanol–water partition coefficient (Wildman–Crippen LogP) is 4.49. The largest absolute Gasteiger partial charge is 0.444 e. The van der Waals surface area contributed by atoms with Crippen LogP contribution in [0.4, 0.5) is 4.79 Å². The summed E-state index contributed by atoms with van der Waals surface area (Å²) in [6.07, 6.45) is 2.20. The normalized spacial score (nSPS) is 16.1. The standard InChI is InChI=1S/C24H23NO4/c1-24(2,3)29-23(28)25-13-11-15(12-14-25)16-9-6-10-19-20(16)22(27)18-8-5-4-7-17(18)21(19)26/h4-11H,12-14H2,1-3H3. The Morgan fingerprint density at radius 2 is 1.52 bits per heavy atom. The van der Waals surface area contributed by atoms with Gasteiger partial charge < -0.3 is 9.64 Å². The van der Waals surface area contributed by atoms with Crippen LogP contribution in [0.1, 0.15) is 64.6 Å². The third-order valence-electron chi connectivity index (χ3n) is 5.16. The van der Waals surface area contributed by atoms with Gasteiger partial charge in [0.15, 0.2) is 11.6 Å². The van der Waals surface area contributed by atoms with E-state index in [1.54, 1.807) is 35.2 Å². The molecule has 2 aromatic carbocycles. The Morgan fingerprint density at radius 3 is 2.14 bits per heavy atom. The molecule has 0 unspecified atom stereocenters. The molecule has 0 N–H and O–H groups in total. The molecule has 0 spiro atoms. The number of ketones is 2. The van der Waals surface area contributed by atoms with E-state index in [-0.39, 0.29) is 17.7 Å². The highest BCUT2D eigenvalue weighted by molar-refractivity contribution is 6.29. The highest BCUT2D eigenvalue weighted by Crippen LogP contribution is 2.34. The second-order valence-corrected chi connectivity index (χ2v) is 8.34. The molecule has 1 aliphatic heterocycles. The zero-order chi connectivity index (χ0) is 20.8. The van der Waals surface area contributed by atoms with Crippen LogP contribution in [0.5, 0.6) is 0 Å². The Labute approximate surface area is 170 Å². The number of amides is 1. The van der Waals surface area contributed by atoms with Crippen molar-refractivity contribution in [1.29, 1.82) is 0 Å². The average Bonchev–Trinajstić information content (AvgIpc) is 2.70. The monoisotopic (exact) mass is 389 g/mol. The van der Waals surface area contributed by atoms with Gasteiger partial charge in [0.05, 0.1) is 0 Å². The molecule has 1 heterocycles. The summed E-state index contributed by atoms with van der Waals surface area (Å²) in [6.45, 7) is 6.43. The summed E-state index contributed by atoms with van der Waals surface area (Å²) < 4.78 is 5.44. The molecule has 148 valence electrons. The Hall–Kier alpha value is -3.21. The van der Waals surface area contributed by atoms with E-state index in [2.05, 4.69) is 0 Å². The summed E-state index contributed by atoms with van der Waals surface area (Å²) in [5, 5.41) is 0. The van der Waals surface area contributed by atoms with Gasteiger partial charge in [0.2, 0.25) is 0 Å². The molecule has 0 atom stereocenters. The predicted molar refractivity (Wildman–Crippen MR) is 110 cm³/mol. The first-order valence-corrected chi connectivity index (χ1v) is 9.75. The maximum absolute atomic E-state index is 13.2. The van der Waals surface area contributed by atoms with Crippen LogP contribution in [0.25, 0.3) is 5.57 Å². The summed E-state index contributed by atoms with van der Waals surface area (Å²) in [6, 6.07) is 12.4. The second kappa shape index (κ2) is 6.99. The minimum absolute atomic E-state index is 0.121. The molecular weight excluding hydrogens is 366 g/mol. The minimum atomic E-state index is -0.542. The summed E-state index contributed by atoms with van der Waals surface area (Å²) in [7, 11) is 0. The lowest BCUT2D eigenvalue weighted by Gasteiger charge is -2.30. The summed E-state index contributed by atoms with van der Waals surface area (Å²) in [4.78, 5) is 40.0. The van der Waals surface area contributed by atoms with Crippen molar-refractivity contribution in [3.63, 3.8) is 0 Å². The number of nitrogens with zero attached hydrogens (tertiary/aromatic N) is 1. The van der Waals surface area contributed by atoms with E-state index in [1.807, 2.05) is 39.0 Å². The van der Waals surface area contributed by atoms with Gasteiger partial charge in [-0.1, -0.05) is 48.5 Å². The van der Waals surface area contributed by atoms with Crippen molar-refractivity contribution in [3.05, 3.63) is 76.4 Å². The van der Waals surface area contributed by atoms with Gasteiger partial charge in [0, 0.05) is 35.3 Å². The quantitative estimate of drug-likeness (QED) is 0.615. The van der Waals surface area contributed by atoms with E-state index in [1.165, 1.54) is 0 Å². The highest BCUT2D eigenvalue weighted by Gasteiger charge is 2.32. The fourth-order valence-corrected chi connectivity index (χ4v) is 3.82. The minimum Gasteiger partial charge on any atom is -0.444 e. The number of carbonyl (C=O) groups is 3. The number of ether oxygens (including phenoxy) is 1. The smallest absolute Gasteiger partial charge is 0.410 e. The molecule has 5 heteroatoms. The number of fused-ring (bicyclic) bond motifs is 2. The number of rotatable bonds is 1. The van der Waals surface area contributed by atoms with Crippen LogP contribution in [-0.4, -0.2) is 41.3 Å². The summed E-state index contributed by atoms with van der Waals surface area (Å²) in [5.41, 5.74) is 3.02. The van der Waals surface area contributed by atoms with E-state index < -0.39 is 5.60 Å². The molecule has 0 aromatic heterocycles. The lowest BCUT2D eigenvalue weighted by Crippen LogP contribution is -2.39. The van der Waals surface area contributed by atoms with Gasteiger partial charge in [-0.2, -0.15) is 0 Å². The van der Waals surface area contributed by atoms with Gasteiger partial charge in [-0.15, -0.1) is 0 Å². The molecule has 1 aliphatic carbocycles. The second-order valence-electron chi connectivity index (χ2n) is 8.34. The van der Waals surface area contributed by atoms with Crippen LogP contribution in [0.3, 0.4) is 0 Å². The maximum Gasteiger partial charge on any atom is 0.410 e. The summed E-state index contributed by atoms with van der Waals surface area (Å²) in [5.74, 6) is -0.245. The van der Waals surface area contributed by atoms with Crippen molar-refractivity contribution < 1.29 is 19.1 Å². The molecule has 2 aliphatic rings. The van der Waals surface area contributed by atoms with E-state index in [0.29, 0.717) is 41.8 Å². The molecule has 5 nitrogen and oxygen atoms in total. The van der Waals surface area contributed by atoms with Crippen LogP contribution < -0.4 is 0 Å². The highest BCUT2D eigenvalue weighted by atomic mass is 16.6. The van der Waals surface area contributed by atoms with Gasteiger partial charge in [0.1, 0.15) is 5.60 Å². The fraction of sp³-hybridized carbons (Fsp3) is 0.292. The maximum atomic E-state index is 13.2. The molecule has 0 saturated carbocycles. The van der Waals surface area contributed by atoms with Crippen LogP contribution in [0.2, 0.25) is 0 Å². The van der Waals surface area contributed by atoms with Crippen molar-refractivity contribution >= 4 is 23.2 Å². The number of benzene rings is 2. The third-order valence-corrected chi connectivity index (χ3v) is 5.16. The van der Waals surface area contributed by atoms with Crippen LogP contribution in [-0.2, 0) is 4.74 Å². The third kappa shape index (κ3) is 3.48. The Morgan fingerprint density at radius 1 is 0.897 bits per heavy atom. The fourth-order valence-electron chi connectivity index (χ4n) is 3.82. The number of hydrogen-bond donors (Lipinski definition) is 0. The topological polar surface area (TPSA) is 63.7 Å². The van der Waals surface area contributed by atoms with Crippen LogP contribution >= 0.6 is 0 Å².